The van der Waals surface area contributed by atoms with Gasteiger partial charge in [0.05, 0.1) is 7.11 Å². The van der Waals surface area contributed by atoms with Crippen LogP contribution in [0, 0.1) is 5.92 Å². The molecule has 0 aliphatic heterocycles. The Balaban J connectivity index is 1.69. The molecular formula is C23H22O3. The maximum absolute atomic E-state index is 12.6. The highest BCUT2D eigenvalue weighted by Crippen LogP contribution is 2.19. The average Bonchev–Trinajstić information content (AvgIpc) is 2.70. The first kappa shape index (κ1) is 17.9. The van der Waals surface area contributed by atoms with Gasteiger partial charge in [-0.1, -0.05) is 60.7 Å². The molecule has 1 atom stereocenters. The van der Waals surface area contributed by atoms with E-state index in [1.165, 1.54) is 0 Å². The maximum Gasteiger partial charge on any atom is 0.163 e. The van der Waals surface area contributed by atoms with Crippen LogP contribution in [-0.4, -0.2) is 24.6 Å². The molecule has 0 saturated carbocycles. The summed E-state index contributed by atoms with van der Waals surface area (Å²) in [5, 5.41) is 11.8. The van der Waals surface area contributed by atoms with Gasteiger partial charge in [0.1, 0.15) is 5.75 Å². The number of Topliss-reactive ketones (excluding diaryl/α,β-unsaturated/α-hetero) is 1. The molecule has 0 radical (unpaired) electrons. The monoisotopic (exact) mass is 346 g/mol. The van der Waals surface area contributed by atoms with Crippen LogP contribution >= 0.6 is 0 Å². The van der Waals surface area contributed by atoms with Gasteiger partial charge >= 0.3 is 0 Å². The summed E-state index contributed by atoms with van der Waals surface area (Å²) >= 11 is 0. The van der Waals surface area contributed by atoms with Crippen molar-refractivity contribution in [1.29, 1.82) is 0 Å². The van der Waals surface area contributed by atoms with Crippen LogP contribution in [0.4, 0.5) is 0 Å². The van der Waals surface area contributed by atoms with E-state index < -0.39 is 0 Å². The average molecular weight is 346 g/mol. The van der Waals surface area contributed by atoms with Gasteiger partial charge in [0, 0.05) is 24.5 Å². The zero-order chi connectivity index (χ0) is 18.4. The molecule has 132 valence electrons. The molecule has 0 unspecified atom stereocenters. The Bertz CT molecular complexity index is 910. The van der Waals surface area contributed by atoms with Crippen LogP contribution in [0.2, 0.25) is 0 Å². The van der Waals surface area contributed by atoms with E-state index in [1.54, 1.807) is 7.11 Å². The van der Waals surface area contributed by atoms with E-state index in [1.807, 2.05) is 78.9 Å². The third kappa shape index (κ3) is 4.38. The summed E-state index contributed by atoms with van der Waals surface area (Å²) in [6, 6.07) is 21.3. The summed E-state index contributed by atoms with van der Waals surface area (Å²) in [6.07, 6.45) is 4.09. The maximum atomic E-state index is 12.6. The van der Waals surface area contributed by atoms with Gasteiger partial charge in [-0.2, -0.15) is 0 Å². The van der Waals surface area contributed by atoms with Gasteiger partial charge in [0.25, 0.3) is 0 Å². The van der Waals surface area contributed by atoms with Gasteiger partial charge < -0.3 is 9.84 Å². The van der Waals surface area contributed by atoms with Crippen molar-refractivity contribution in [2.45, 2.75) is 6.42 Å². The number of aliphatic hydroxyl groups excluding tert-OH is 1. The Labute approximate surface area is 153 Å². The number of rotatable bonds is 7. The second kappa shape index (κ2) is 8.45. The lowest BCUT2D eigenvalue weighted by molar-refractivity contribution is 0.0952. The highest BCUT2D eigenvalue weighted by atomic mass is 16.5. The molecule has 0 spiro atoms. The van der Waals surface area contributed by atoms with E-state index in [2.05, 4.69) is 0 Å². The Morgan fingerprint density at radius 2 is 1.77 bits per heavy atom. The fraction of sp³-hybridized carbons (Fsp3) is 0.174. The minimum Gasteiger partial charge on any atom is -0.497 e. The first-order chi connectivity index (χ1) is 12.7. The van der Waals surface area contributed by atoms with E-state index in [9.17, 15) is 9.90 Å². The van der Waals surface area contributed by atoms with E-state index >= 15 is 0 Å². The molecule has 3 nitrogen and oxygen atoms in total. The number of carbonyl (C=O) groups excluding carboxylic acids is 1. The third-order valence-corrected chi connectivity index (χ3v) is 4.43. The van der Waals surface area contributed by atoms with Gasteiger partial charge in [0.2, 0.25) is 0 Å². The Hall–Kier alpha value is -2.91. The number of ketones is 1. The lowest BCUT2D eigenvalue weighted by atomic mass is 9.96. The van der Waals surface area contributed by atoms with Crippen LogP contribution in [0.15, 0.2) is 72.8 Å². The minimum atomic E-state index is -0.212. The van der Waals surface area contributed by atoms with Crippen molar-refractivity contribution in [3.8, 4) is 5.75 Å². The number of hydrogen-bond donors (Lipinski definition) is 1. The van der Waals surface area contributed by atoms with E-state index in [0.29, 0.717) is 5.56 Å². The Morgan fingerprint density at radius 1 is 1.04 bits per heavy atom. The SMILES string of the molecule is COc1ccc(/C=C/[C@@H](CO)CC(=O)c2ccc3ccccc3c2)cc1. The van der Waals surface area contributed by atoms with E-state index in [4.69, 9.17) is 4.74 Å². The Kier molecular flexibility index (Phi) is 5.82. The van der Waals surface area contributed by atoms with Crippen LogP contribution in [0.3, 0.4) is 0 Å². The number of aliphatic hydroxyl groups is 1. The van der Waals surface area contributed by atoms with Crippen molar-refractivity contribution in [2.75, 3.05) is 13.7 Å². The second-order valence-corrected chi connectivity index (χ2v) is 6.26. The van der Waals surface area contributed by atoms with Gasteiger partial charge in [0.15, 0.2) is 5.78 Å². The molecule has 3 rings (SSSR count). The molecule has 0 aliphatic carbocycles. The summed E-state index contributed by atoms with van der Waals surface area (Å²) in [4.78, 5) is 12.6. The molecule has 0 heterocycles. The molecule has 1 N–H and O–H groups in total. The molecule has 0 aromatic heterocycles. The van der Waals surface area contributed by atoms with Crippen molar-refractivity contribution in [3.63, 3.8) is 0 Å². The van der Waals surface area contributed by atoms with Crippen LogP contribution in [0.1, 0.15) is 22.3 Å². The third-order valence-electron chi connectivity index (χ3n) is 4.43. The minimum absolute atomic E-state index is 0.0363. The molecule has 0 amide bonds. The molecule has 26 heavy (non-hydrogen) atoms. The summed E-state index contributed by atoms with van der Waals surface area (Å²) in [6.45, 7) is -0.0635. The first-order valence-electron chi connectivity index (χ1n) is 8.64. The lowest BCUT2D eigenvalue weighted by Gasteiger charge is -2.09. The van der Waals surface area contributed by atoms with Gasteiger partial charge in [-0.15, -0.1) is 0 Å². The molecule has 0 saturated heterocycles. The quantitative estimate of drug-likeness (QED) is 0.628. The van der Waals surface area contributed by atoms with E-state index in [0.717, 1.165) is 22.1 Å². The van der Waals surface area contributed by atoms with Gasteiger partial charge in [-0.05, 0) is 34.5 Å². The van der Waals surface area contributed by atoms with Crippen molar-refractivity contribution in [3.05, 3.63) is 83.9 Å². The summed E-state index contributed by atoms with van der Waals surface area (Å²) in [7, 11) is 1.63. The van der Waals surface area contributed by atoms with Crippen molar-refractivity contribution in [2.24, 2.45) is 5.92 Å². The predicted molar refractivity (Wildman–Crippen MR) is 105 cm³/mol. The number of benzene rings is 3. The number of methoxy groups -OCH3 is 1. The molecule has 3 aromatic carbocycles. The van der Waals surface area contributed by atoms with Crippen LogP contribution in [0.5, 0.6) is 5.75 Å². The van der Waals surface area contributed by atoms with Crippen LogP contribution in [-0.2, 0) is 0 Å². The van der Waals surface area contributed by atoms with Crippen LogP contribution in [0.25, 0.3) is 16.8 Å². The smallest absolute Gasteiger partial charge is 0.163 e. The zero-order valence-corrected chi connectivity index (χ0v) is 14.8. The normalized spacial score (nSPS) is 12.4. The number of carbonyl (C=O) groups is 1. The molecule has 0 aliphatic rings. The van der Waals surface area contributed by atoms with Crippen molar-refractivity contribution < 1.29 is 14.6 Å². The Morgan fingerprint density at radius 3 is 2.46 bits per heavy atom. The number of fused-ring (bicyclic) bond motifs is 1. The molecule has 0 bridgehead atoms. The fourth-order valence-electron chi connectivity index (χ4n) is 2.87. The standard InChI is InChI=1S/C23H22O3/c1-26-22-12-8-17(9-13-22)6-7-18(16-24)14-23(25)21-11-10-19-4-2-3-5-20(19)15-21/h2-13,15,18,24H,14,16H2,1H3/b7-6+/t18-/m1/s1. The fourth-order valence-corrected chi connectivity index (χ4v) is 2.87. The summed E-state index contributed by atoms with van der Waals surface area (Å²) < 4.78 is 5.14. The summed E-state index contributed by atoms with van der Waals surface area (Å²) in [5.41, 5.74) is 1.68. The van der Waals surface area contributed by atoms with Crippen LogP contribution < -0.4 is 4.74 Å². The van der Waals surface area contributed by atoms with Gasteiger partial charge in [-0.25, -0.2) is 0 Å². The lowest BCUT2D eigenvalue weighted by Crippen LogP contribution is -2.10. The summed E-state index contributed by atoms with van der Waals surface area (Å²) in [5.74, 6) is 0.623. The number of hydrogen-bond acceptors (Lipinski definition) is 3. The van der Waals surface area contributed by atoms with Gasteiger partial charge in [-0.3, -0.25) is 4.79 Å². The highest BCUT2D eigenvalue weighted by molar-refractivity contribution is 6.00. The topological polar surface area (TPSA) is 46.5 Å². The second-order valence-electron chi connectivity index (χ2n) is 6.26. The molecule has 3 heteroatoms. The van der Waals surface area contributed by atoms with Crippen molar-refractivity contribution >= 4 is 22.6 Å². The predicted octanol–water partition coefficient (Wildman–Crippen LogP) is 4.74. The highest BCUT2D eigenvalue weighted by Gasteiger charge is 2.13. The van der Waals surface area contributed by atoms with E-state index in [-0.39, 0.29) is 24.7 Å². The van der Waals surface area contributed by atoms with Crippen molar-refractivity contribution in [1.82, 2.24) is 0 Å². The molecule has 3 aromatic rings. The number of ether oxygens (including phenoxy) is 1. The first-order valence-corrected chi connectivity index (χ1v) is 8.64. The largest absolute Gasteiger partial charge is 0.497 e. The molecular weight excluding hydrogens is 324 g/mol. The zero-order valence-electron chi connectivity index (χ0n) is 14.8. The molecule has 0 fully saturated rings.